The Kier molecular flexibility index (Phi) is 6.04. The van der Waals surface area contributed by atoms with Gasteiger partial charge in [0.05, 0.1) is 19.3 Å². The molecule has 0 bridgehead atoms. The van der Waals surface area contributed by atoms with Crippen molar-refractivity contribution in [2.75, 3.05) is 32.8 Å². The molecule has 1 saturated heterocycles. The highest BCUT2D eigenvalue weighted by Crippen LogP contribution is 2.24. The van der Waals surface area contributed by atoms with Crippen LogP contribution in [0.4, 0.5) is 0 Å². The monoisotopic (exact) mass is 340 g/mol. The first-order valence-corrected chi connectivity index (χ1v) is 8.70. The Hall–Kier alpha value is -2.37. The van der Waals surface area contributed by atoms with Crippen LogP contribution < -0.4 is 15.4 Å². The van der Waals surface area contributed by atoms with Gasteiger partial charge in [0, 0.05) is 25.2 Å². The number of amides is 1. The summed E-state index contributed by atoms with van der Waals surface area (Å²) in [7, 11) is 0. The first-order chi connectivity index (χ1) is 12.3. The quantitative estimate of drug-likeness (QED) is 0.848. The molecule has 0 aromatic heterocycles. The van der Waals surface area contributed by atoms with E-state index in [1.807, 2.05) is 55.5 Å². The molecule has 1 atom stereocenters. The highest BCUT2D eigenvalue weighted by molar-refractivity contribution is 5.94. The van der Waals surface area contributed by atoms with Gasteiger partial charge in [0.1, 0.15) is 5.75 Å². The van der Waals surface area contributed by atoms with Crippen molar-refractivity contribution in [2.45, 2.75) is 13.0 Å². The normalized spacial score (nSPS) is 17.1. The number of carbonyl (C=O) groups is 1. The average Bonchev–Trinajstić information content (AvgIpc) is 2.67. The lowest BCUT2D eigenvalue weighted by Crippen LogP contribution is -2.45. The molecule has 0 unspecified atom stereocenters. The van der Waals surface area contributed by atoms with Crippen LogP contribution in [0.3, 0.4) is 0 Å². The molecule has 2 aromatic rings. The van der Waals surface area contributed by atoms with Crippen molar-refractivity contribution in [3.63, 3.8) is 0 Å². The summed E-state index contributed by atoms with van der Waals surface area (Å²) in [5, 5.41) is 6.18. The second-order valence-electron chi connectivity index (χ2n) is 5.95. The molecule has 2 N–H and O–H groups in total. The largest absolute Gasteiger partial charge is 0.494 e. The van der Waals surface area contributed by atoms with Crippen LogP contribution in [-0.4, -0.2) is 44.9 Å². The third kappa shape index (κ3) is 4.81. The molecule has 5 heteroatoms. The average molecular weight is 340 g/mol. The summed E-state index contributed by atoms with van der Waals surface area (Å²) in [4.78, 5) is 12.3. The van der Waals surface area contributed by atoms with Gasteiger partial charge >= 0.3 is 0 Å². The molecule has 0 aliphatic carbocycles. The topological polar surface area (TPSA) is 59.6 Å². The molecule has 1 aliphatic heterocycles. The number of nitrogens with one attached hydrogen (secondary N) is 2. The van der Waals surface area contributed by atoms with E-state index in [1.165, 1.54) is 0 Å². The summed E-state index contributed by atoms with van der Waals surface area (Å²) in [6, 6.07) is 15.6. The molecule has 5 nitrogen and oxygen atoms in total. The van der Waals surface area contributed by atoms with Crippen molar-refractivity contribution in [2.24, 2.45) is 0 Å². The van der Waals surface area contributed by atoms with Gasteiger partial charge in [0.15, 0.2) is 0 Å². The Morgan fingerprint density at radius 3 is 2.80 bits per heavy atom. The van der Waals surface area contributed by atoms with E-state index in [9.17, 15) is 4.79 Å². The number of benzene rings is 2. The Morgan fingerprint density at radius 2 is 2.08 bits per heavy atom. The van der Waals surface area contributed by atoms with Crippen LogP contribution in [0, 0.1) is 0 Å². The van der Waals surface area contributed by atoms with Crippen molar-refractivity contribution >= 4 is 5.91 Å². The predicted molar refractivity (Wildman–Crippen MR) is 98.0 cm³/mol. The van der Waals surface area contributed by atoms with E-state index in [1.54, 1.807) is 0 Å². The first-order valence-electron chi connectivity index (χ1n) is 8.70. The SMILES string of the molecule is CCOc1cccc(-c2ccc(C(=O)NC[C@H]3CNCCO3)cc2)c1. The Morgan fingerprint density at radius 1 is 1.24 bits per heavy atom. The maximum Gasteiger partial charge on any atom is 0.251 e. The van der Waals surface area contributed by atoms with E-state index >= 15 is 0 Å². The van der Waals surface area contributed by atoms with E-state index < -0.39 is 0 Å². The third-order valence-corrected chi connectivity index (χ3v) is 4.12. The van der Waals surface area contributed by atoms with Gasteiger partial charge in [0.25, 0.3) is 5.91 Å². The minimum Gasteiger partial charge on any atom is -0.494 e. The lowest BCUT2D eigenvalue weighted by molar-refractivity contribution is 0.0287. The van der Waals surface area contributed by atoms with Crippen LogP contribution in [0.2, 0.25) is 0 Å². The van der Waals surface area contributed by atoms with Crippen LogP contribution in [-0.2, 0) is 4.74 Å². The van der Waals surface area contributed by atoms with Crippen LogP contribution >= 0.6 is 0 Å². The van der Waals surface area contributed by atoms with Gasteiger partial charge in [-0.3, -0.25) is 4.79 Å². The van der Waals surface area contributed by atoms with Gasteiger partial charge in [-0.2, -0.15) is 0 Å². The Labute approximate surface area is 148 Å². The fraction of sp³-hybridized carbons (Fsp3) is 0.350. The minimum absolute atomic E-state index is 0.0401. The molecule has 0 saturated carbocycles. The van der Waals surface area contributed by atoms with Gasteiger partial charge in [0.2, 0.25) is 0 Å². The molecule has 0 radical (unpaired) electrons. The molecular weight excluding hydrogens is 316 g/mol. The van der Waals surface area contributed by atoms with Crippen molar-refractivity contribution in [3.8, 4) is 16.9 Å². The van der Waals surface area contributed by atoms with E-state index in [0.29, 0.717) is 25.3 Å². The molecule has 1 heterocycles. The highest BCUT2D eigenvalue weighted by atomic mass is 16.5. The molecular formula is C20H24N2O3. The first kappa shape index (κ1) is 17.5. The van der Waals surface area contributed by atoms with Crippen molar-refractivity contribution < 1.29 is 14.3 Å². The lowest BCUT2D eigenvalue weighted by atomic mass is 10.0. The molecule has 1 amide bonds. The number of hydrogen-bond acceptors (Lipinski definition) is 4. The number of morpholine rings is 1. The standard InChI is InChI=1S/C20H24N2O3/c1-2-24-18-5-3-4-17(12-18)15-6-8-16(9-7-15)20(23)22-14-19-13-21-10-11-25-19/h3-9,12,19,21H,2,10-11,13-14H2,1H3,(H,22,23)/t19-/m1/s1. The molecule has 1 fully saturated rings. The van der Waals surface area contributed by atoms with Gasteiger partial charge in [-0.25, -0.2) is 0 Å². The molecule has 0 spiro atoms. The molecule has 1 aliphatic rings. The Balaban J connectivity index is 1.61. The van der Waals surface area contributed by atoms with E-state index in [-0.39, 0.29) is 12.0 Å². The summed E-state index contributed by atoms with van der Waals surface area (Å²) in [6.45, 7) is 5.46. The molecule has 2 aromatic carbocycles. The van der Waals surface area contributed by atoms with E-state index in [0.717, 1.165) is 30.0 Å². The number of carbonyl (C=O) groups excluding carboxylic acids is 1. The van der Waals surface area contributed by atoms with Gasteiger partial charge in [-0.05, 0) is 42.3 Å². The third-order valence-electron chi connectivity index (χ3n) is 4.12. The fourth-order valence-electron chi connectivity index (χ4n) is 2.81. The van der Waals surface area contributed by atoms with E-state index in [4.69, 9.17) is 9.47 Å². The summed E-state index contributed by atoms with van der Waals surface area (Å²) >= 11 is 0. The summed E-state index contributed by atoms with van der Waals surface area (Å²) < 4.78 is 11.1. The van der Waals surface area contributed by atoms with Crippen molar-refractivity contribution in [1.29, 1.82) is 0 Å². The van der Waals surface area contributed by atoms with Crippen LogP contribution in [0.15, 0.2) is 48.5 Å². The maximum atomic E-state index is 12.3. The number of ether oxygens (including phenoxy) is 2. The fourth-order valence-corrected chi connectivity index (χ4v) is 2.81. The zero-order valence-electron chi connectivity index (χ0n) is 14.5. The number of rotatable bonds is 6. The minimum atomic E-state index is -0.0798. The Bertz CT molecular complexity index is 694. The van der Waals surface area contributed by atoms with Crippen LogP contribution in [0.25, 0.3) is 11.1 Å². The second kappa shape index (κ2) is 8.65. The highest BCUT2D eigenvalue weighted by Gasteiger charge is 2.15. The van der Waals surface area contributed by atoms with Crippen molar-refractivity contribution in [1.82, 2.24) is 10.6 Å². The van der Waals surface area contributed by atoms with Gasteiger partial charge in [-0.15, -0.1) is 0 Å². The van der Waals surface area contributed by atoms with Crippen LogP contribution in [0.5, 0.6) is 5.75 Å². The zero-order chi connectivity index (χ0) is 17.5. The van der Waals surface area contributed by atoms with Crippen molar-refractivity contribution in [3.05, 3.63) is 54.1 Å². The summed E-state index contributed by atoms with van der Waals surface area (Å²) in [5.41, 5.74) is 2.77. The van der Waals surface area contributed by atoms with Crippen LogP contribution in [0.1, 0.15) is 17.3 Å². The lowest BCUT2D eigenvalue weighted by Gasteiger charge is -2.23. The van der Waals surface area contributed by atoms with Gasteiger partial charge in [-0.1, -0.05) is 24.3 Å². The smallest absolute Gasteiger partial charge is 0.251 e. The summed E-state index contributed by atoms with van der Waals surface area (Å²) in [6.07, 6.45) is 0.0401. The summed E-state index contributed by atoms with van der Waals surface area (Å²) in [5.74, 6) is 0.770. The maximum absolute atomic E-state index is 12.3. The molecule has 132 valence electrons. The van der Waals surface area contributed by atoms with E-state index in [2.05, 4.69) is 10.6 Å². The predicted octanol–water partition coefficient (Wildman–Crippen LogP) is 2.47. The molecule has 3 rings (SSSR count). The zero-order valence-corrected chi connectivity index (χ0v) is 14.5. The molecule has 25 heavy (non-hydrogen) atoms. The van der Waals surface area contributed by atoms with Gasteiger partial charge < -0.3 is 20.1 Å². The second-order valence-corrected chi connectivity index (χ2v) is 5.95. The number of hydrogen-bond donors (Lipinski definition) is 2.